The SMILES string of the molecule is COc1ccc(C2CCCN2C(=O)CCc2n[nH]c3c2CCCC3)c(OC)c1. The minimum Gasteiger partial charge on any atom is -0.497 e. The van der Waals surface area contributed by atoms with Gasteiger partial charge in [0, 0.05) is 36.7 Å². The van der Waals surface area contributed by atoms with E-state index in [1.165, 1.54) is 24.1 Å². The maximum atomic E-state index is 13.0. The highest BCUT2D eigenvalue weighted by Crippen LogP contribution is 2.39. The number of carbonyl (C=O) groups excluding carboxylic acids is 1. The fraction of sp³-hybridized carbons (Fsp3) is 0.545. The lowest BCUT2D eigenvalue weighted by Crippen LogP contribution is -2.31. The van der Waals surface area contributed by atoms with Crippen LogP contribution in [0.1, 0.15) is 60.7 Å². The molecule has 1 saturated heterocycles. The van der Waals surface area contributed by atoms with Gasteiger partial charge in [0.05, 0.1) is 26.0 Å². The van der Waals surface area contributed by atoms with Gasteiger partial charge in [-0.15, -0.1) is 0 Å². The van der Waals surface area contributed by atoms with Gasteiger partial charge in [-0.2, -0.15) is 5.10 Å². The molecular formula is C22H29N3O3. The minimum absolute atomic E-state index is 0.0708. The average molecular weight is 383 g/mol. The summed E-state index contributed by atoms with van der Waals surface area (Å²) in [6.07, 6.45) is 7.83. The molecule has 1 fully saturated rings. The molecule has 1 aliphatic heterocycles. The van der Waals surface area contributed by atoms with Crippen LogP contribution >= 0.6 is 0 Å². The Kier molecular flexibility index (Phi) is 5.55. The number of carbonyl (C=O) groups is 1. The predicted molar refractivity (Wildman–Crippen MR) is 107 cm³/mol. The summed E-state index contributed by atoms with van der Waals surface area (Å²) in [5, 5.41) is 7.67. The summed E-state index contributed by atoms with van der Waals surface area (Å²) in [6, 6.07) is 5.93. The van der Waals surface area contributed by atoms with Gasteiger partial charge >= 0.3 is 0 Å². The van der Waals surface area contributed by atoms with E-state index in [1.54, 1.807) is 14.2 Å². The van der Waals surface area contributed by atoms with Gasteiger partial charge < -0.3 is 14.4 Å². The number of likely N-dealkylation sites (tertiary alicyclic amines) is 1. The number of nitrogens with zero attached hydrogens (tertiary/aromatic N) is 2. The molecule has 0 spiro atoms. The van der Waals surface area contributed by atoms with E-state index in [-0.39, 0.29) is 11.9 Å². The normalized spacial score (nSPS) is 18.8. The molecule has 6 heteroatoms. The molecule has 1 aromatic heterocycles. The van der Waals surface area contributed by atoms with Crippen LogP contribution in [0.3, 0.4) is 0 Å². The van der Waals surface area contributed by atoms with Crippen molar-refractivity contribution in [2.75, 3.05) is 20.8 Å². The first-order valence-corrected chi connectivity index (χ1v) is 10.3. The highest BCUT2D eigenvalue weighted by Gasteiger charge is 2.32. The van der Waals surface area contributed by atoms with Crippen molar-refractivity contribution in [2.45, 2.75) is 57.4 Å². The number of aromatic nitrogens is 2. The molecule has 0 radical (unpaired) electrons. The Labute approximate surface area is 166 Å². The van der Waals surface area contributed by atoms with Crippen LogP contribution in [0.2, 0.25) is 0 Å². The summed E-state index contributed by atoms with van der Waals surface area (Å²) in [5.74, 6) is 1.75. The number of fused-ring (bicyclic) bond motifs is 1. The summed E-state index contributed by atoms with van der Waals surface area (Å²) < 4.78 is 10.9. The van der Waals surface area contributed by atoms with Gasteiger partial charge in [0.1, 0.15) is 11.5 Å². The zero-order valence-corrected chi connectivity index (χ0v) is 16.8. The summed E-state index contributed by atoms with van der Waals surface area (Å²) in [7, 11) is 3.31. The summed E-state index contributed by atoms with van der Waals surface area (Å²) in [4.78, 5) is 15.1. The fourth-order valence-corrected chi connectivity index (χ4v) is 4.61. The molecular weight excluding hydrogens is 354 g/mol. The molecule has 1 unspecified atom stereocenters. The van der Waals surface area contributed by atoms with Crippen LogP contribution in [-0.4, -0.2) is 41.8 Å². The third-order valence-electron chi connectivity index (χ3n) is 6.09. The maximum absolute atomic E-state index is 13.0. The second-order valence-corrected chi connectivity index (χ2v) is 7.69. The molecule has 2 heterocycles. The second kappa shape index (κ2) is 8.25. The number of hydrogen-bond donors (Lipinski definition) is 1. The molecule has 0 saturated carbocycles. The van der Waals surface area contributed by atoms with E-state index in [4.69, 9.17) is 9.47 Å². The van der Waals surface area contributed by atoms with Gasteiger partial charge in [0.15, 0.2) is 0 Å². The number of aromatic amines is 1. The lowest BCUT2D eigenvalue weighted by atomic mass is 9.94. The van der Waals surface area contributed by atoms with E-state index in [9.17, 15) is 4.79 Å². The van der Waals surface area contributed by atoms with Gasteiger partial charge in [0.25, 0.3) is 0 Å². The first kappa shape index (κ1) is 18.8. The Morgan fingerprint density at radius 3 is 2.89 bits per heavy atom. The number of amides is 1. The van der Waals surface area contributed by atoms with Crippen molar-refractivity contribution in [3.05, 3.63) is 40.7 Å². The van der Waals surface area contributed by atoms with Crippen LogP contribution in [-0.2, 0) is 24.1 Å². The summed E-state index contributed by atoms with van der Waals surface area (Å²) >= 11 is 0. The molecule has 2 aliphatic rings. The Morgan fingerprint density at radius 1 is 1.21 bits per heavy atom. The van der Waals surface area contributed by atoms with Crippen molar-refractivity contribution in [3.63, 3.8) is 0 Å². The van der Waals surface area contributed by atoms with Gasteiger partial charge in [-0.05, 0) is 56.2 Å². The summed E-state index contributed by atoms with van der Waals surface area (Å²) in [6.45, 7) is 0.803. The Morgan fingerprint density at radius 2 is 2.07 bits per heavy atom. The zero-order chi connectivity index (χ0) is 19.5. The number of rotatable bonds is 6. The highest BCUT2D eigenvalue weighted by atomic mass is 16.5. The average Bonchev–Trinajstić information content (AvgIpc) is 3.38. The van der Waals surface area contributed by atoms with Crippen LogP contribution < -0.4 is 9.47 Å². The van der Waals surface area contributed by atoms with Crippen molar-refractivity contribution in [1.82, 2.24) is 15.1 Å². The standard InChI is InChI=1S/C22H29N3O3/c1-27-15-9-10-17(21(14-15)28-2)20-8-5-13-25(20)22(26)12-11-19-16-6-3-4-7-18(16)23-24-19/h9-10,14,20H,3-8,11-13H2,1-2H3,(H,23,24). The molecule has 4 rings (SSSR count). The monoisotopic (exact) mass is 383 g/mol. The lowest BCUT2D eigenvalue weighted by Gasteiger charge is -2.26. The molecule has 1 aromatic carbocycles. The number of H-pyrrole nitrogens is 1. The van der Waals surface area contributed by atoms with E-state index >= 15 is 0 Å². The number of nitrogens with one attached hydrogen (secondary N) is 1. The smallest absolute Gasteiger partial charge is 0.223 e. The molecule has 1 atom stereocenters. The van der Waals surface area contributed by atoms with Crippen LogP contribution in [0.4, 0.5) is 0 Å². The van der Waals surface area contributed by atoms with Crippen LogP contribution in [0, 0.1) is 0 Å². The second-order valence-electron chi connectivity index (χ2n) is 7.69. The van der Waals surface area contributed by atoms with Crippen molar-refractivity contribution >= 4 is 5.91 Å². The van der Waals surface area contributed by atoms with Gasteiger partial charge in [-0.25, -0.2) is 0 Å². The number of benzene rings is 1. The van der Waals surface area contributed by atoms with Crippen LogP contribution in [0.25, 0.3) is 0 Å². The third-order valence-corrected chi connectivity index (χ3v) is 6.09. The highest BCUT2D eigenvalue weighted by molar-refractivity contribution is 5.77. The van der Waals surface area contributed by atoms with Crippen molar-refractivity contribution in [1.29, 1.82) is 0 Å². The molecule has 1 aliphatic carbocycles. The van der Waals surface area contributed by atoms with Crippen molar-refractivity contribution in [2.24, 2.45) is 0 Å². The lowest BCUT2D eigenvalue weighted by molar-refractivity contribution is -0.132. The number of methoxy groups -OCH3 is 2. The predicted octanol–water partition coefficient (Wildman–Crippen LogP) is 3.60. The van der Waals surface area contributed by atoms with E-state index in [0.29, 0.717) is 12.8 Å². The molecule has 28 heavy (non-hydrogen) atoms. The molecule has 2 aromatic rings. The van der Waals surface area contributed by atoms with Gasteiger partial charge in [0.2, 0.25) is 5.91 Å². The summed E-state index contributed by atoms with van der Waals surface area (Å²) in [5.41, 5.74) is 4.77. The van der Waals surface area contributed by atoms with Gasteiger partial charge in [-0.3, -0.25) is 9.89 Å². The number of ether oxygens (including phenoxy) is 2. The van der Waals surface area contributed by atoms with E-state index in [0.717, 1.165) is 55.0 Å². The minimum atomic E-state index is 0.0708. The largest absolute Gasteiger partial charge is 0.497 e. The molecule has 1 N–H and O–H groups in total. The first-order chi connectivity index (χ1) is 13.7. The van der Waals surface area contributed by atoms with E-state index in [2.05, 4.69) is 10.2 Å². The van der Waals surface area contributed by atoms with Crippen LogP contribution in [0.5, 0.6) is 11.5 Å². The number of hydrogen-bond acceptors (Lipinski definition) is 4. The first-order valence-electron chi connectivity index (χ1n) is 10.3. The Bertz CT molecular complexity index is 846. The number of aryl methyl sites for hydroxylation is 2. The zero-order valence-electron chi connectivity index (χ0n) is 16.8. The van der Waals surface area contributed by atoms with E-state index < -0.39 is 0 Å². The molecule has 6 nitrogen and oxygen atoms in total. The third kappa shape index (κ3) is 3.60. The van der Waals surface area contributed by atoms with Gasteiger partial charge in [-0.1, -0.05) is 0 Å². The topological polar surface area (TPSA) is 67.5 Å². The van der Waals surface area contributed by atoms with Crippen molar-refractivity contribution in [3.8, 4) is 11.5 Å². The molecule has 150 valence electrons. The molecule has 0 bridgehead atoms. The quantitative estimate of drug-likeness (QED) is 0.828. The molecule has 1 amide bonds. The van der Waals surface area contributed by atoms with Crippen LogP contribution in [0.15, 0.2) is 18.2 Å². The van der Waals surface area contributed by atoms with E-state index in [1.807, 2.05) is 23.1 Å². The Hall–Kier alpha value is -2.50. The fourth-order valence-electron chi connectivity index (χ4n) is 4.61. The van der Waals surface area contributed by atoms with Crippen molar-refractivity contribution < 1.29 is 14.3 Å². The Balaban J connectivity index is 1.46. The maximum Gasteiger partial charge on any atom is 0.223 e.